The molecule has 0 unspecified atom stereocenters. The molecule has 1 aliphatic carbocycles. The second-order valence-corrected chi connectivity index (χ2v) is 4.32. The Bertz CT molecular complexity index is 203. The normalized spacial score (nSPS) is 39.5. The molecule has 13 heavy (non-hydrogen) atoms. The van der Waals surface area contributed by atoms with Gasteiger partial charge in [-0.25, -0.2) is 0 Å². The van der Waals surface area contributed by atoms with Crippen LogP contribution in [0.25, 0.3) is 0 Å². The summed E-state index contributed by atoms with van der Waals surface area (Å²) in [6.07, 6.45) is 6.09. The Morgan fingerprint density at radius 1 is 1.31 bits per heavy atom. The van der Waals surface area contributed by atoms with Crippen molar-refractivity contribution >= 4 is 5.97 Å². The zero-order valence-electron chi connectivity index (χ0n) is 7.88. The predicted octanol–water partition coefficient (Wildman–Crippen LogP) is 1.38. The molecule has 1 saturated heterocycles. The van der Waals surface area contributed by atoms with Crippen molar-refractivity contribution in [3.05, 3.63) is 0 Å². The maximum atomic E-state index is 11.3. The molecule has 3 nitrogen and oxygen atoms in total. The van der Waals surface area contributed by atoms with Crippen LogP contribution in [0.1, 0.15) is 38.5 Å². The third-order valence-corrected chi connectivity index (χ3v) is 3.65. The molecule has 1 heterocycles. The van der Waals surface area contributed by atoms with E-state index < -0.39 is 11.4 Å². The summed E-state index contributed by atoms with van der Waals surface area (Å²) in [4.78, 5) is 11.3. The van der Waals surface area contributed by atoms with Gasteiger partial charge in [-0.15, -0.1) is 0 Å². The first kappa shape index (κ1) is 9.00. The average Bonchev–Trinajstić information content (AvgIpc) is 2.17. The highest BCUT2D eigenvalue weighted by Gasteiger charge is 2.48. The summed E-state index contributed by atoms with van der Waals surface area (Å²) in [5.74, 6) is -0.579. The topological polar surface area (TPSA) is 49.3 Å². The van der Waals surface area contributed by atoms with Crippen LogP contribution in [0.5, 0.6) is 0 Å². The molecule has 0 aromatic rings. The van der Waals surface area contributed by atoms with Crippen molar-refractivity contribution in [2.75, 3.05) is 6.54 Å². The number of hydrogen-bond donors (Lipinski definition) is 2. The number of fused-ring (bicyclic) bond motifs is 1. The van der Waals surface area contributed by atoms with Crippen LogP contribution >= 0.6 is 0 Å². The summed E-state index contributed by atoms with van der Waals surface area (Å²) in [5.41, 5.74) is -0.420. The van der Waals surface area contributed by atoms with Crippen LogP contribution < -0.4 is 5.32 Å². The van der Waals surface area contributed by atoms with Gasteiger partial charge in [-0.05, 0) is 32.2 Å². The number of aliphatic carboxylic acids is 1. The number of rotatable bonds is 1. The van der Waals surface area contributed by atoms with Crippen LogP contribution in [0.15, 0.2) is 0 Å². The first-order valence-corrected chi connectivity index (χ1v) is 5.22. The van der Waals surface area contributed by atoms with E-state index in [1.165, 1.54) is 6.42 Å². The van der Waals surface area contributed by atoms with Gasteiger partial charge in [0.05, 0.1) is 5.41 Å². The van der Waals surface area contributed by atoms with Crippen molar-refractivity contribution in [2.45, 2.75) is 44.6 Å². The lowest BCUT2D eigenvalue weighted by atomic mass is 9.66. The van der Waals surface area contributed by atoms with Gasteiger partial charge in [0.15, 0.2) is 0 Å². The minimum absolute atomic E-state index is 0.243. The van der Waals surface area contributed by atoms with E-state index in [1.807, 2.05) is 0 Å². The molecule has 0 radical (unpaired) electrons. The Kier molecular flexibility index (Phi) is 2.28. The highest BCUT2D eigenvalue weighted by Crippen LogP contribution is 2.42. The number of piperidine rings is 1. The average molecular weight is 183 g/mol. The van der Waals surface area contributed by atoms with Crippen molar-refractivity contribution in [1.82, 2.24) is 5.32 Å². The van der Waals surface area contributed by atoms with Crippen molar-refractivity contribution in [2.24, 2.45) is 5.41 Å². The summed E-state index contributed by atoms with van der Waals surface area (Å²) in [7, 11) is 0. The third-order valence-electron chi connectivity index (χ3n) is 3.65. The molecule has 1 saturated carbocycles. The second-order valence-electron chi connectivity index (χ2n) is 4.32. The van der Waals surface area contributed by atoms with Gasteiger partial charge in [0.1, 0.15) is 0 Å². The Labute approximate surface area is 78.5 Å². The number of carboxylic acid groups (broad SMARTS) is 1. The lowest BCUT2D eigenvalue weighted by Gasteiger charge is -2.44. The zero-order chi connectivity index (χ0) is 9.31. The SMILES string of the molecule is O=C(O)[C@@]12CCCC[C@H]1NCCC2. The molecule has 2 atom stereocenters. The Morgan fingerprint density at radius 2 is 2.08 bits per heavy atom. The lowest BCUT2D eigenvalue weighted by molar-refractivity contribution is -0.155. The summed E-state index contributed by atoms with van der Waals surface area (Å²) in [5, 5.41) is 12.6. The molecule has 2 fully saturated rings. The van der Waals surface area contributed by atoms with E-state index in [0.717, 1.165) is 38.6 Å². The maximum Gasteiger partial charge on any atom is 0.311 e. The molecule has 2 N–H and O–H groups in total. The number of hydrogen-bond acceptors (Lipinski definition) is 2. The molecule has 2 rings (SSSR count). The zero-order valence-corrected chi connectivity index (χ0v) is 7.88. The predicted molar refractivity (Wildman–Crippen MR) is 49.6 cm³/mol. The molecule has 1 aliphatic heterocycles. The summed E-state index contributed by atoms with van der Waals surface area (Å²) in [6, 6.07) is 0.243. The van der Waals surface area contributed by atoms with Gasteiger partial charge >= 0.3 is 5.97 Å². The molecule has 74 valence electrons. The Morgan fingerprint density at radius 3 is 2.77 bits per heavy atom. The molecule has 0 aromatic carbocycles. The summed E-state index contributed by atoms with van der Waals surface area (Å²) >= 11 is 0. The molecule has 0 bridgehead atoms. The van der Waals surface area contributed by atoms with Crippen molar-refractivity contribution < 1.29 is 9.90 Å². The van der Waals surface area contributed by atoms with Gasteiger partial charge in [-0.2, -0.15) is 0 Å². The minimum Gasteiger partial charge on any atom is -0.481 e. The van der Waals surface area contributed by atoms with Crippen LogP contribution in [-0.2, 0) is 4.79 Å². The van der Waals surface area contributed by atoms with Gasteiger partial charge in [0.2, 0.25) is 0 Å². The smallest absolute Gasteiger partial charge is 0.311 e. The first-order valence-electron chi connectivity index (χ1n) is 5.22. The fourth-order valence-electron chi connectivity index (χ4n) is 2.88. The lowest BCUT2D eigenvalue weighted by Crippen LogP contribution is -2.55. The molecule has 3 heteroatoms. The van der Waals surface area contributed by atoms with Gasteiger partial charge < -0.3 is 10.4 Å². The molecular weight excluding hydrogens is 166 g/mol. The first-order chi connectivity index (χ1) is 6.26. The molecule has 0 amide bonds. The van der Waals surface area contributed by atoms with E-state index in [2.05, 4.69) is 5.32 Å². The van der Waals surface area contributed by atoms with Crippen molar-refractivity contribution in [1.29, 1.82) is 0 Å². The summed E-state index contributed by atoms with van der Waals surface area (Å²) < 4.78 is 0. The van der Waals surface area contributed by atoms with E-state index >= 15 is 0 Å². The highest BCUT2D eigenvalue weighted by molar-refractivity contribution is 5.76. The number of nitrogens with one attached hydrogen (secondary N) is 1. The quantitative estimate of drug-likeness (QED) is 0.645. The molecule has 2 aliphatic rings. The van der Waals surface area contributed by atoms with Crippen LogP contribution in [0.2, 0.25) is 0 Å². The van der Waals surface area contributed by atoms with E-state index in [0.29, 0.717) is 0 Å². The number of carbonyl (C=O) groups is 1. The van der Waals surface area contributed by atoms with Gasteiger partial charge in [-0.3, -0.25) is 4.79 Å². The second kappa shape index (κ2) is 3.29. The third kappa shape index (κ3) is 1.35. The van der Waals surface area contributed by atoms with Crippen molar-refractivity contribution in [3.8, 4) is 0 Å². The van der Waals surface area contributed by atoms with E-state index in [9.17, 15) is 9.90 Å². The number of carboxylic acids is 1. The molecule has 0 spiro atoms. The fraction of sp³-hybridized carbons (Fsp3) is 0.900. The van der Waals surface area contributed by atoms with Crippen LogP contribution in [0.4, 0.5) is 0 Å². The highest BCUT2D eigenvalue weighted by atomic mass is 16.4. The molecule has 0 aromatic heterocycles. The monoisotopic (exact) mass is 183 g/mol. The van der Waals surface area contributed by atoms with Gasteiger partial charge in [0.25, 0.3) is 0 Å². The Hall–Kier alpha value is -0.570. The minimum atomic E-state index is -0.579. The van der Waals surface area contributed by atoms with Crippen LogP contribution in [-0.4, -0.2) is 23.7 Å². The Balaban J connectivity index is 2.21. The van der Waals surface area contributed by atoms with Gasteiger partial charge in [-0.1, -0.05) is 12.8 Å². The largest absolute Gasteiger partial charge is 0.481 e. The van der Waals surface area contributed by atoms with E-state index in [-0.39, 0.29) is 6.04 Å². The van der Waals surface area contributed by atoms with E-state index in [1.54, 1.807) is 0 Å². The van der Waals surface area contributed by atoms with Crippen LogP contribution in [0, 0.1) is 5.41 Å². The summed E-state index contributed by atoms with van der Waals surface area (Å²) in [6.45, 7) is 1.000. The van der Waals surface area contributed by atoms with Gasteiger partial charge in [0, 0.05) is 6.04 Å². The van der Waals surface area contributed by atoms with E-state index in [4.69, 9.17) is 0 Å². The maximum absolute atomic E-state index is 11.3. The van der Waals surface area contributed by atoms with Crippen LogP contribution in [0.3, 0.4) is 0 Å². The standard InChI is InChI=1S/C10H17NO2/c12-9(13)10-5-2-1-4-8(10)11-7-3-6-10/h8,11H,1-7H2,(H,12,13)/t8-,10-/m1/s1. The van der Waals surface area contributed by atoms with Crippen molar-refractivity contribution in [3.63, 3.8) is 0 Å². The fourth-order valence-corrected chi connectivity index (χ4v) is 2.88. The molecular formula is C10H17NO2.